The number of ether oxygens (including phenoxy) is 2. The third kappa shape index (κ3) is 6.68. The molecule has 2 fully saturated rings. The molecule has 39 heavy (non-hydrogen) atoms. The number of carbonyl (C=O) groups is 2. The van der Waals surface area contributed by atoms with Gasteiger partial charge in [0.15, 0.2) is 5.75 Å². The Kier molecular flexibility index (Phi) is 9.42. The first kappa shape index (κ1) is 29.2. The molecular formula is C26H34ClF2N5O5. The van der Waals surface area contributed by atoms with Crippen LogP contribution in [0.4, 0.5) is 14.5 Å². The number of nitrogens with one attached hydrogen (secondary N) is 1. The fourth-order valence-corrected chi connectivity index (χ4v) is 5.43. The number of morpholine rings is 1. The normalized spacial score (nSPS) is 19.3. The average Bonchev–Trinajstić information content (AvgIpc) is 3.40. The first-order chi connectivity index (χ1) is 18.6. The highest BCUT2D eigenvalue weighted by Crippen LogP contribution is 2.37. The number of likely N-dealkylation sites (tertiary alicyclic amines) is 1. The van der Waals surface area contributed by atoms with Crippen molar-refractivity contribution in [3.05, 3.63) is 41.2 Å². The minimum atomic E-state index is -3.09. The maximum absolute atomic E-state index is 14.0. The standard InChI is InChI=1S/C26H34ClF2N5O5/c1-17(2)20-5-8-30-34(20)26(24(37)31-19-4-3-18(27)15-22(19)39-25(28)29)6-9-32(10-7-26)16-21(23(35)36)33-11-13-38-14-12-33/h3-5,8,15,17,21,25H,6-7,9-14,16H2,1-2H3,(H,31,37)(H,35,36)/t21-/m0/s1. The van der Waals surface area contributed by atoms with E-state index in [1.54, 1.807) is 10.9 Å². The molecule has 1 atom stereocenters. The first-order valence-corrected chi connectivity index (χ1v) is 13.4. The van der Waals surface area contributed by atoms with Crippen LogP contribution in [0.15, 0.2) is 30.5 Å². The molecule has 2 N–H and O–H groups in total. The van der Waals surface area contributed by atoms with E-state index in [0.717, 1.165) is 5.69 Å². The van der Waals surface area contributed by atoms with Crippen LogP contribution in [0.5, 0.6) is 5.75 Å². The van der Waals surface area contributed by atoms with E-state index in [-0.39, 0.29) is 22.4 Å². The second-order valence-electron chi connectivity index (χ2n) is 10.1. The summed E-state index contributed by atoms with van der Waals surface area (Å²) < 4.78 is 37.8. The van der Waals surface area contributed by atoms with Gasteiger partial charge in [-0.3, -0.25) is 19.2 Å². The van der Waals surface area contributed by atoms with Gasteiger partial charge in [0.25, 0.3) is 5.91 Å². The molecular weight excluding hydrogens is 536 g/mol. The molecule has 1 amide bonds. The molecule has 0 saturated carbocycles. The Hall–Kier alpha value is -2.80. The molecule has 4 rings (SSSR count). The number of aromatic nitrogens is 2. The molecule has 0 bridgehead atoms. The van der Waals surface area contributed by atoms with Gasteiger partial charge in [-0.25, -0.2) is 0 Å². The van der Waals surface area contributed by atoms with E-state index in [1.807, 2.05) is 29.7 Å². The van der Waals surface area contributed by atoms with Gasteiger partial charge in [-0.15, -0.1) is 0 Å². The highest BCUT2D eigenvalue weighted by Gasteiger charge is 2.46. The van der Waals surface area contributed by atoms with E-state index in [4.69, 9.17) is 16.3 Å². The van der Waals surface area contributed by atoms with Crippen molar-refractivity contribution in [1.29, 1.82) is 0 Å². The van der Waals surface area contributed by atoms with Gasteiger partial charge in [0, 0.05) is 55.7 Å². The Bertz CT molecular complexity index is 1150. The Morgan fingerprint density at radius 1 is 1.18 bits per heavy atom. The topological polar surface area (TPSA) is 109 Å². The van der Waals surface area contributed by atoms with Crippen LogP contribution >= 0.6 is 11.6 Å². The van der Waals surface area contributed by atoms with Gasteiger partial charge in [0.1, 0.15) is 11.6 Å². The van der Waals surface area contributed by atoms with Crippen LogP contribution in [0.3, 0.4) is 0 Å². The van der Waals surface area contributed by atoms with E-state index >= 15 is 0 Å². The van der Waals surface area contributed by atoms with Crippen molar-refractivity contribution in [1.82, 2.24) is 19.6 Å². The van der Waals surface area contributed by atoms with Crippen LogP contribution in [-0.2, 0) is 19.9 Å². The second kappa shape index (κ2) is 12.6. The fourth-order valence-electron chi connectivity index (χ4n) is 5.26. The number of piperidine rings is 1. The number of anilines is 1. The molecule has 0 spiro atoms. The number of halogens is 3. The molecule has 13 heteroatoms. The molecule has 2 aliphatic heterocycles. The van der Waals surface area contributed by atoms with E-state index < -0.39 is 30.1 Å². The molecule has 1 aromatic carbocycles. The second-order valence-corrected chi connectivity index (χ2v) is 10.6. The summed E-state index contributed by atoms with van der Waals surface area (Å²) in [6.07, 6.45) is 2.33. The van der Waals surface area contributed by atoms with E-state index in [2.05, 4.69) is 15.2 Å². The number of hydrogen-bond acceptors (Lipinski definition) is 7. The van der Waals surface area contributed by atoms with Crippen molar-refractivity contribution in [2.45, 2.75) is 50.8 Å². The molecule has 10 nitrogen and oxygen atoms in total. The maximum Gasteiger partial charge on any atom is 0.387 e. The molecule has 2 saturated heterocycles. The van der Waals surface area contributed by atoms with Gasteiger partial charge in [0.05, 0.1) is 18.9 Å². The number of carbonyl (C=O) groups excluding carboxylic acids is 1. The number of carboxylic acid groups (broad SMARTS) is 1. The number of nitrogens with zero attached hydrogens (tertiary/aromatic N) is 4. The number of amides is 1. The summed E-state index contributed by atoms with van der Waals surface area (Å²) in [4.78, 5) is 30.0. The molecule has 2 aliphatic rings. The van der Waals surface area contributed by atoms with Crippen LogP contribution in [0.2, 0.25) is 5.02 Å². The number of alkyl halides is 2. The molecule has 0 aliphatic carbocycles. The summed E-state index contributed by atoms with van der Waals surface area (Å²) in [5.41, 5.74) is -0.197. The number of benzene rings is 1. The first-order valence-electron chi connectivity index (χ1n) is 13.0. The number of aliphatic carboxylic acids is 1. The van der Waals surface area contributed by atoms with Crippen LogP contribution in [0, 0.1) is 0 Å². The Morgan fingerprint density at radius 3 is 2.49 bits per heavy atom. The van der Waals surface area contributed by atoms with Gasteiger partial charge in [-0.1, -0.05) is 25.4 Å². The zero-order valence-electron chi connectivity index (χ0n) is 22.0. The average molecular weight is 570 g/mol. The quantitative estimate of drug-likeness (QED) is 0.448. The highest BCUT2D eigenvalue weighted by molar-refractivity contribution is 6.30. The Morgan fingerprint density at radius 2 is 1.87 bits per heavy atom. The van der Waals surface area contributed by atoms with E-state index in [0.29, 0.717) is 58.8 Å². The van der Waals surface area contributed by atoms with Gasteiger partial charge in [0.2, 0.25) is 0 Å². The zero-order chi connectivity index (χ0) is 28.2. The van der Waals surface area contributed by atoms with Crippen molar-refractivity contribution in [2.24, 2.45) is 0 Å². The van der Waals surface area contributed by atoms with Crippen LogP contribution < -0.4 is 10.1 Å². The fraction of sp³-hybridized carbons (Fsp3) is 0.577. The van der Waals surface area contributed by atoms with Crippen LogP contribution in [0.1, 0.15) is 38.3 Å². The van der Waals surface area contributed by atoms with Crippen molar-refractivity contribution in [2.75, 3.05) is 51.3 Å². The third-order valence-electron chi connectivity index (χ3n) is 7.39. The molecule has 0 radical (unpaired) electrons. The summed E-state index contributed by atoms with van der Waals surface area (Å²) in [5.74, 6) is -1.48. The monoisotopic (exact) mass is 569 g/mol. The van der Waals surface area contributed by atoms with E-state index in [9.17, 15) is 23.5 Å². The molecule has 2 aromatic rings. The number of carboxylic acids is 1. The minimum Gasteiger partial charge on any atom is -0.480 e. The lowest BCUT2D eigenvalue weighted by molar-refractivity contribution is -0.146. The molecule has 0 unspecified atom stereocenters. The largest absolute Gasteiger partial charge is 0.480 e. The van der Waals surface area contributed by atoms with Crippen LogP contribution in [-0.4, -0.2) is 95.2 Å². The third-order valence-corrected chi connectivity index (χ3v) is 7.62. The maximum atomic E-state index is 14.0. The summed E-state index contributed by atoms with van der Waals surface area (Å²) in [6, 6.07) is 5.31. The summed E-state index contributed by atoms with van der Waals surface area (Å²) in [6.45, 7) is 4.19. The molecule has 3 heterocycles. The predicted octanol–water partition coefficient (Wildman–Crippen LogP) is 3.48. The minimum absolute atomic E-state index is 0.0705. The van der Waals surface area contributed by atoms with Crippen molar-refractivity contribution in [3.63, 3.8) is 0 Å². The SMILES string of the molecule is CC(C)c1ccnn1C1(C(=O)Nc2ccc(Cl)cc2OC(F)F)CCN(C[C@@H](C(=O)O)N2CCOCC2)CC1. The lowest BCUT2D eigenvalue weighted by atomic mass is 9.85. The van der Waals surface area contributed by atoms with Gasteiger partial charge in [-0.2, -0.15) is 13.9 Å². The summed E-state index contributed by atoms with van der Waals surface area (Å²) in [5, 5.41) is 17.4. The van der Waals surface area contributed by atoms with E-state index in [1.165, 1.54) is 18.2 Å². The zero-order valence-corrected chi connectivity index (χ0v) is 22.7. The highest BCUT2D eigenvalue weighted by atomic mass is 35.5. The van der Waals surface area contributed by atoms with Gasteiger partial charge >= 0.3 is 12.6 Å². The number of hydrogen-bond donors (Lipinski definition) is 2. The summed E-state index contributed by atoms with van der Waals surface area (Å²) in [7, 11) is 0. The molecule has 1 aromatic heterocycles. The molecule has 214 valence electrons. The van der Waals surface area contributed by atoms with Crippen molar-refractivity contribution in [3.8, 4) is 5.75 Å². The van der Waals surface area contributed by atoms with Crippen molar-refractivity contribution >= 4 is 29.2 Å². The predicted molar refractivity (Wildman–Crippen MR) is 140 cm³/mol. The Labute approximate surface area is 230 Å². The van der Waals surface area contributed by atoms with Gasteiger partial charge < -0.3 is 24.8 Å². The van der Waals surface area contributed by atoms with Gasteiger partial charge in [-0.05, 0) is 37.0 Å². The Balaban J connectivity index is 1.58. The van der Waals surface area contributed by atoms with Crippen molar-refractivity contribution < 1.29 is 33.0 Å². The lowest BCUT2D eigenvalue weighted by Crippen LogP contribution is -2.57. The number of rotatable bonds is 10. The van der Waals surface area contributed by atoms with Crippen LogP contribution in [0.25, 0.3) is 0 Å². The summed E-state index contributed by atoms with van der Waals surface area (Å²) >= 11 is 5.98. The smallest absolute Gasteiger partial charge is 0.387 e. The lowest BCUT2D eigenvalue weighted by Gasteiger charge is -2.43.